The summed E-state index contributed by atoms with van der Waals surface area (Å²) in [6.07, 6.45) is -2.83. The summed E-state index contributed by atoms with van der Waals surface area (Å²) < 4.78 is 24.9. The summed E-state index contributed by atoms with van der Waals surface area (Å²) in [7, 11) is 0. The van der Waals surface area contributed by atoms with E-state index in [1.54, 1.807) is 0 Å². The number of phenolic OH excluding ortho intramolecular Hbond substituents is 1. The lowest BCUT2D eigenvalue weighted by molar-refractivity contribution is -0.116. The Morgan fingerprint density at radius 1 is 1.50 bits per heavy atom. The molecular formula is C10H10F2O2. The molecule has 0 fully saturated rings. The maximum atomic E-state index is 12.4. The summed E-state index contributed by atoms with van der Waals surface area (Å²) in [6.45, 7) is 1.29. The fourth-order valence-corrected chi connectivity index (χ4v) is 1.24. The van der Waals surface area contributed by atoms with Crippen molar-refractivity contribution in [2.45, 2.75) is 19.8 Å². The number of Topliss-reactive ketones (excluding diaryl/α,β-unsaturated/α-hetero) is 1. The van der Waals surface area contributed by atoms with Crippen molar-refractivity contribution in [1.82, 2.24) is 0 Å². The second kappa shape index (κ2) is 4.17. The SMILES string of the molecule is CC(=O)Cc1c(O)cccc1C(F)F. The van der Waals surface area contributed by atoms with Crippen molar-refractivity contribution in [1.29, 1.82) is 0 Å². The van der Waals surface area contributed by atoms with Gasteiger partial charge < -0.3 is 5.11 Å². The van der Waals surface area contributed by atoms with Crippen LogP contribution in [0.25, 0.3) is 0 Å². The second-order valence-electron chi connectivity index (χ2n) is 3.02. The van der Waals surface area contributed by atoms with E-state index in [4.69, 9.17) is 0 Å². The second-order valence-corrected chi connectivity index (χ2v) is 3.02. The molecule has 0 aliphatic carbocycles. The van der Waals surface area contributed by atoms with Crippen LogP contribution < -0.4 is 0 Å². The van der Waals surface area contributed by atoms with Gasteiger partial charge in [-0.1, -0.05) is 12.1 Å². The van der Waals surface area contributed by atoms with Gasteiger partial charge in [-0.15, -0.1) is 0 Å². The molecule has 76 valence electrons. The third kappa shape index (κ3) is 2.28. The predicted octanol–water partition coefficient (Wildman–Crippen LogP) is 2.46. The number of aromatic hydroxyl groups is 1. The van der Waals surface area contributed by atoms with Gasteiger partial charge in [0.2, 0.25) is 0 Å². The van der Waals surface area contributed by atoms with Gasteiger partial charge in [0.25, 0.3) is 6.43 Å². The van der Waals surface area contributed by atoms with Gasteiger partial charge in [0.15, 0.2) is 0 Å². The summed E-state index contributed by atoms with van der Waals surface area (Å²) in [5, 5.41) is 9.30. The molecule has 0 aliphatic rings. The van der Waals surface area contributed by atoms with E-state index in [0.717, 1.165) is 0 Å². The molecule has 0 atom stereocenters. The lowest BCUT2D eigenvalue weighted by Gasteiger charge is -2.08. The topological polar surface area (TPSA) is 37.3 Å². The van der Waals surface area contributed by atoms with E-state index in [0.29, 0.717) is 0 Å². The van der Waals surface area contributed by atoms with Gasteiger partial charge in [-0.05, 0) is 13.0 Å². The Labute approximate surface area is 80.2 Å². The van der Waals surface area contributed by atoms with Crippen LogP contribution in [0.2, 0.25) is 0 Å². The lowest BCUT2D eigenvalue weighted by atomic mass is 10.0. The zero-order chi connectivity index (χ0) is 10.7. The molecule has 0 aromatic heterocycles. The molecule has 0 spiro atoms. The van der Waals surface area contributed by atoms with Crippen LogP contribution in [0.1, 0.15) is 24.5 Å². The van der Waals surface area contributed by atoms with Crippen LogP contribution in [-0.2, 0) is 11.2 Å². The minimum atomic E-state index is -2.67. The quantitative estimate of drug-likeness (QED) is 0.813. The average molecular weight is 200 g/mol. The molecule has 0 amide bonds. The summed E-state index contributed by atoms with van der Waals surface area (Å²) in [5.41, 5.74) is -0.254. The Morgan fingerprint density at radius 3 is 2.64 bits per heavy atom. The van der Waals surface area contributed by atoms with Gasteiger partial charge in [0.1, 0.15) is 11.5 Å². The van der Waals surface area contributed by atoms with E-state index >= 15 is 0 Å². The third-order valence-electron chi connectivity index (χ3n) is 1.85. The fraction of sp³-hybridized carbons (Fsp3) is 0.300. The molecule has 0 radical (unpaired) electrons. The van der Waals surface area contributed by atoms with E-state index in [2.05, 4.69) is 0 Å². The molecule has 14 heavy (non-hydrogen) atoms. The number of hydrogen-bond acceptors (Lipinski definition) is 2. The number of hydrogen-bond donors (Lipinski definition) is 1. The molecular weight excluding hydrogens is 190 g/mol. The van der Waals surface area contributed by atoms with Crippen molar-refractivity contribution >= 4 is 5.78 Å². The third-order valence-corrected chi connectivity index (χ3v) is 1.85. The summed E-state index contributed by atoms with van der Waals surface area (Å²) in [4.78, 5) is 10.8. The zero-order valence-corrected chi connectivity index (χ0v) is 7.63. The largest absolute Gasteiger partial charge is 0.508 e. The first-order chi connectivity index (χ1) is 6.52. The van der Waals surface area contributed by atoms with Crippen LogP contribution >= 0.6 is 0 Å². The van der Waals surface area contributed by atoms with Crippen molar-refractivity contribution in [3.05, 3.63) is 29.3 Å². The molecule has 1 N–H and O–H groups in total. The van der Waals surface area contributed by atoms with Crippen LogP contribution in [0.4, 0.5) is 8.78 Å². The number of carbonyl (C=O) groups is 1. The number of ketones is 1. The highest BCUT2D eigenvalue weighted by Gasteiger charge is 2.16. The Morgan fingerprint density at radius 2 is 2.14 bits per heavy atom. The minimum absolute atomic E-state index is 0.0231. The Kier molecular flexibility index (Phi) is 3.17. The van der Waals surface area contributed by atoms with Crippen molar-refractivity contribution < 1.29 is 18.7 Å². The van der Waals surface area contributed by atoms with Crippen molar-refractivity contribution in [3.63, 3.8) is 0 Å². The van der Waals surface area contributed by atoms with E-state index in [1.165, 1.54) is 25.1 Å². The first kappa shape index (κ1) is 10.6. The molecule has 4 heteroatoms. The van der Waals surface area contributed by atoms with E-state index < -0.39 is 6.43 Å². The van der Waals surface area contributed by atoms with Gasteiger partial charge in [0.05, 0.1) is 0 Å². The molecule has 1 aromatic rings. The standard InChI is InChI=1S/C10H10F2O2/c1-6(13)5-8-7(10(11)12)3-2-4-9(8)14/h2-4,10,14H,5H2,1H3. The van der Waals surface area contributed by atoms with Gasteiger partial charge in [-0.2, -0.15) is 0 Å². The molecule has 0 saturated carbocycles. The van der Waals surface area contributed by atoms with Crippen molar-refractivity contribution in [3.8, 4) is 5.75 Å². The first-order valence-corrected chi connectivity index (χ1v) is 4.10. The summed E-state index contributed by atoms with van der Waals surface area (Å²) in [5.74, 6) is -0.508. The van der Waals surface area contributed by atoms with Gasteiger partial charge >= 0.3 is 0 Å². The molecule has 2 nitrogen and oxygen atoms in total. The number of phenols is 1. The number of benzene rings is 1. The summed E-state index contributed by atoms with van der Waals surface area (Å²) in [6, 6.07) is 3.84. The maximum Gasteiger partial charge on any atom is 0.264 e. The highest BCUT2D eigenvalue weighted by atomic mass is 19.3. The van der Waals surface area contributed by atoms with Crippen LogP contribution in [0.15, 0.2) is 18.2 Å². The Balaban J connectivity index is 3.15. The molecule has 0 heterocycles. The molecule has 1 aromatic carbocycles. The summed E-state index contributed by atoms with van der Waals surface area (Å²) >= 11 is 0. The van der Waals surface area contributed by atoms with Gasteiger partial charge in [0, 0.05) is 17.5 Å². The van der Waals surface area contributed by atoms with E-state index in [-0.39, 0.29) is 29.1 Å². The molecule has 0 saturated heterocycles. The molecule has 0 bridgehead atoms. The lowest BCUT2D eigenvalue weighted by Crippen LogP contribution is -2.01. The fourth-order valence-electron chi connectivity index (χ4n) is 1.24. The van der Waals surface area contributed by atoms with Crippen LogP contribution in [0.3, 0.4) is 0 Å². The van der Waals surface area contributed by atoms with Crippen LogP contribution in [0.5, 0.6) is 5.75 Å². The number of alkyl halides is 2. The van der Waals surface area contributed by atoms with Crippen molar-refractivity contribution in [2.24, 2.45) is 0 Å². The molecule has 0 aliphatic heterocycles. The maximum absolute atomic E-state index is 12.4. The Hall–Kier alpha value is -1.45. The zero-order valence-electron chi connectivity index (χ0n) is 7.63. The van der Waals surface area contributed by atoms with Crippen LogP contribution in [-0.4, -0.2) is 10.9 Å². The highest BCUT2D eigenvalue weighted by Crippen LogP contribution is 2.29. The van der Waals surface area contributed by atoms with Gasteiger partial charge in [-0.25, -0.2) is 8.78 Å². The molecule has 0 unspecified atom stereocenters. The van der Waals surface area contributed by atoms with E-state index in [9.17, 15) is 18.7 Å². The number of rotatable bonds is 3. The highest BCUT2D eigenvalue weighted by molar-refractivity contribution is 5.79. The first-order valence-electron chi connectivity index (χ1n) is 4.10. The van der Waals surface area contributed by atoms with Gasteiger partial charge in [-0.3, -0.25) is 4.79 Å². The van der Waals surface area contributed by atoms with E-state index in [1.807, 2.05) is 0 Å². The predicted molar refractivity (Wildman–Crippen MR) is 47.4 cm³/mol. The molecule has 1 rings (SSSR count). The minimum Gasteiger partial charge on any atom is -0.508 e. The number of halogens is 2. The van der Waals surface area contributed by atoms with Crippen molar-refractivity contribution in [2.75, 3.05) is 0 Å². The average Bonchev–Trinajstić information content (AvgIpc) is 2.07. The number of carbonyl (C=O) groups excluding carboxylic acids is 1. The monoisotopic (exact) mass is 200 g/mol. The smallest absolute Gasteiger partial charge is 0.264 e. The normalized spacial score (nSPS) is 10.6. The Bertz CT molecular complexity index is 348. The van der Waals surface area contributed by atoms with Crippen LogP contribution in [0, 0.1) is 0 Å².